The van der Waals surface area contributed by atoms with Gasteiger partial charge in [-0.15, -0.1) is 0 Å². The highest BCUT2D eigenvalue weighted by atomic mass is 15.1. The van der Waals surface area contributed by atoms with E-state index >= 15 is 0 Å². The molecule has 0 fully saturated rings. The molecule has 0 heterocycles. The van der Waals surface area contributed by atoms with E-state index in [9.17, 15) is 0 Å². The Hall–Kier alpha value is -6.96. The van der Waals surface area contributed by atoms with E-state index in [0.29, 0.717) is 0 Å². The minimum atomic E-state index is 1.11. The lowest BCUT2D eigenvalue weighted by molar-refractivity contribution is 1.28. The van der Waals surface area contributed by atoms with Crippen LogP contribution in [0.15, 0.2) is 212 Å². The fraction of sp³-hybridized carbons (Fsp3) is 0. The summed E-state index contributed by atoms with van der Waals surface area (Å²) in [5.41, 5.74) is 10.6. The molecular weight excluding hydrogens is 639 g/mol. The van der Waals surface area contributed by atoms with Gasteiger partial charge in [-0.25, -0.2) is 0 Å². The van der Waals surface area contributed by atoms with Crippen LogP contribution in [0.5, 0.6) is 0 Å². The number of nitrogens with zero attached hydrogens (tertiary/aromatic N) is 1. The summed E-state index contributed by atoms with van der Waals surface area (Å²) in [5.74, 6) is 0. The molecule has 0 aliphatic carbocycles. The Morgan fingerprint density at radius 2 is 0.642 bits per heavy atom. The van der Waals surface area contributed by atoms with Crippen LogP contribution >= 0.6 is 0 Å². The fourth-order valence-corrected chi connectivity index (χ4v) is 7.95. The molecule has 0 aliphatic heterocycles. The number of hydrogen-bond acceptors (Lipinski definition) is 1. The quantitative estimate of drug-likeness (QED) is 0.159. The third-order valence-corrected chi connectivity index (χ3v) is 10.6. The van der Waals surface area contributed by atoms with Gasteiger partial charge in [0, 0.05) is 17.1 Å². The molecule has 0 atom stereocenters. The summed E-state index contributed by atoms with van der Waals surface area (Å²) in [6.45, 7) is 0. The molecule has 0 radical (unpaired) electrons. The SMILES string of the molecule is c1ccc(-c2ccc(N(c3ccc(-c4ccc5ccc6ccccc6c5c4)cc3)c3ccc(-c4cc5ccccc5c5ccccc45)cc3)cc2)cc1. The highest BCUT2D eigenvalue weighted by molar-refractivity contribution is 6.14. The molecule has 0 bridgehead atoms. The van der Waals surface area contributed by atoms with Gasteiger partial charge in [0.2, 0.25) is 0 Å². The van der Waals surface area contributed by atoms with E-state index < -0.39 is 0 Å². The second-order valence-corrected chi connectivity index (χ2v) is 13.8. The van der Waals surface area contributed by atoms with Gasteiger partial charge >= 0.3 is 0 Å². The number of hydrogen-bond donors (Lipinski definition) is 0. The average molecular weight is 674 g/mol. The van der Waals surface area contributed by atoms with E-state index in [4.69, 9.17) is 0 Å². The molecule has 0 unspecified atom stereocenters. The lowest BCUT2D eigenvalue weighted by Gasteiger charge is -2.26. The van der Waals surface area contributed by atoms with Crippen LogP contribution < -0.4 is 4.90 Å². The first-order valence-electron chi connectivity index (χ1n) is 18.3. The molecule has 10 aromatic carbocycles. The fourth-order valence-electron chi connectivity index (χ4n) is 7.95. The molecule has 0 aromatic heterocycles. The summed E-state index contributed by atoms with van der Waals surface area (Å²) >= 11 is 0. The van der Waals surface area contributed by atoms with E-state index in [0.717, 1.165) is 17.1 Å². The van der Waals surface area contributed by atoms with Crippen molar-refractivity contribution in [3.8, 4) is 33.4 Å². The molecule has 1 heteroatoms. The van der Waals surface area contributed by atoms with E-state index in [-0.39, 0.29) is 0 Å². The molecule has 0 spiro atoms. The van der Waals surface area contributed by atoms with E-state index in [1.54, 1.807) is 0 Å². The summed E-state index contributed by atoms with van der Waals surface area (Å²) in [4.78, 5) is 2.36. The predicted molar refractivity (Wildman–Crippen MR) is 227 cm³/mol. The van der Waals surface area contributed by atoms with Crippen LogP contribution in [0.1, 0.15) is 0 Å². The van der Waals surface area contributed by atoms with Gasteiger partial charge in [-0.05, 0) is 125 Å². The van der Waals surface area contributed by atoms with E-state index in [1.807, 2.05) is 0 Å². The van der Waals surface area contributed by atoms with Gasteiger partial charge in [0.05, 0.1) is 0 Å². The molecule has 10 aromatic rings. The zero-order chi connectivity index (χ0) is 35.1. The van der Waals surface area contributed by atoms with Crippen molar-refractivity contribution in [1.29, 1.82) is 0 Å². The smallest absolute Gasteiger partial charge is 0.0462 e. The number of benzene rings is 10. The second kappa shape index (κ2) is 13.0. The first-order chi connectivity index (χ1) is 26.3. The van der Waals surface area contributed by atoms with Crippen molar-refractivity contribution < 1.29 is 0 Å². The van der Waals surface area contributed by atoms with Gasteiger partial charge in [0.15, 0.2) is 0 Å². The minimum absolute atomic E-state index is 1.11. The average Bonchev–Trinajstić information content (AvgIpc) is 3.24. The summed E-state index contributed by atoms with van der Waals surface area (Å²) < 4.78 is 0. The van der Waals surface area contributed by atoms with Crippen LogP contribution in [0.4, 0.5) is 17.1 Å². The van der Waals surface area contributed by atoms with Crippen LogP contribution in [0.2, 0.25) is 0 Å². The second-order valence-electron chi connectivity index (χ2n) is 13.8. The third-order valence-electron chi connectivity index (χ3n) is 10.6. The van der Waals surface area contributed by atoms with Gasteiger partial charge in [-0.1, -0.05) is 164 Å². The maximum Gasteiger partial charge on any atom is 0.0462 e. The van der Waals surface area contributed by atoms with Crippen LogP contribution in [0.25, 0.3) is 76.5 Å². The van der Waals surface area contributed by atoms with Crippen molar-refractivity contribution in [3.05, 3.63) is 212 Å². The highest BCUT2D eigenvalue weighted by Crippen LogP contribution is 2.40. The predicted octanol–water partition coefficient (Wildman–Crippen LogP) is 14.8. The Kier molecular flexibility index (Phi) is 7.55. The maximum atomic E-state index is 2.36. The van der Waals surface area contributed by atoms with Crippen LogP contribution in [0.3, 0.4) is 0 Å². The Morgan fingerprint density at radius 3 is 1.28 bits per heavy atom. The number of anilines is 3. The summed E-state index contributed by atoms with van der Waals surface area (Å²) in [5, 5.41) is 10.2. The van der Waals surface area contributed by atoms with E-state index in [2.05, 4.69) is 217 Å². The maximum absolute atomic E-state index is 2.36. The van der Waals surface area contributed by atoms with Crippen LogP contribution in [-0.2, 0) is 0 Å². The first kappa shape index (κ1) is 30.8. The summed E-state index contributed by atoms with van der Waals surface area (Å²) in [7, 11) is 0. The summed E-state index contributed by atoms with van der Waals surface area (Å²) in [6, 6.07) is 77.2. The summed E-state index contributed by atoms with van der Waals surface area (Å²) in [6.07, 6.45) is 0. The molecule has 0 saturated heterocycles. The largest absolute Gasteiger partial charge is 0.311 e. The number of rotatable bonds is 6. The molecule has 0 saturated carbocycles. The normalized spacial score (nSPS) is 11.4. The molecule has 0 amide bonds. The van der Waals surface area contributed by atoms with Crippen molar-refractivity contribution in [1.82, 2.24) is 0 Å². The van der Waals surface area contributed by atoms with Gasteiger partial charge < -0.3 is 4.90 Å². The molecule has 0 N–H and O–H groups in total. The number of fused-ring (bicyclic) bond motifs is 6. The molecule has 248 valence electrons. The lowest BCUT2D eigenvalue weighted by Crippen LogP contribution is -2.09. The monoisotopic (exact) mass is 673 g/mol. The molecule has 53 heavy (non-hydrogen) atoms. The molecule has 10 rings (SSSR count). The zero-order valence-corrected chi connectivity index (χ0v) is 29.2. The lowest BCUT2D eigenvalue weighted by atomic mass is 9.93. The Morgan fingerprint density at radius 1 is 0.226 bits per heavy atom. The minimum Gasteiger partial charge on any atom is -0.311 e. The van der Waals surface area contributed by atoms with Crippen LogP contribution in [0, 0.1) is 0 Å². The van der Waals surface area contributed by atoms with E-state index in [1.165, 1.54) is 76.5 Å². The van der Waals surface area contributed by atoms with Gasteiger partial charge in [-0.3, -0.25) is 0 Å². The Labute approximate surface area is 309 Å². The van der Waals surface area contributed by atoms with Crippen molar-refractivity contribution >= 4 is 60.2 Å². The van der Waals surface area contributed by atoms with Crippen molar-refractivity contribution in [2.45, 2.75) is 0 Å². The third kappa shape index (κ3) is 5.60. The van der Waals surface area contributed by atoms with Crippen molar-refractivity contribution in [3.63, 3.8) is 0 Å². The topological polar surface area (TPSA) is 3.24 Å². The molecule has 0 aliphatic rings. The van der Waals surface area contributed by atoms with Crippen LogP contribution in [-0.4, -0.2) is 0 Å². The Balaban J connectivity index is 1.05. The van der Waals surface area contributed by atoms with Crippen molar-refractivity contribution in [2.24, 2.45) is 0 Å². The zero-order valence-electron chi connectivity index (χ0n) is 29.2. The highest BCUT2D eigenvalue weighted by Gasteiger charge is 2.15. The van der Waals surface area contributed by atoms with Gasteiger partial charge in [-0.2, -0.15) is 0 Å². The van der Waals surface area contributed by atoms with Gasteiger partial charge in [0.25, 0.3) is 0 Å². The van der Waals surface area contributed by atoms with Gasteiger partial charge in [0.1, 0.15) is 0 Å². The molecule has 1 nitrogen and oxygen atoms in total. The van der Waals surface area contributed by atoms with Crippen molar-refractivity contribution in [2.75, 3.05) is 4.90 Å². The molecular formula is C52H35N. The first-order valence-corrected chi connectivity index (χ1v) is 18.3. The Bertz CT molecular complexity index is 2910. The standard InChI is InChI=1S/C52H35N/c1-2-10-36(11-3-1)37-22-28-44(29-23-37)53(45-30-24-38(25-31-45)42-21-20-40-19-18-39-12-4-6-14-47(39)51(40)34-42)46-32-26-41(27-33-46)52-35-43-13-5-7-15-48(43)49-16-8-9-17-50(49)52/h1-35H.